The number of carbonyl (C=O) groups is 1. The highest BCUT2D eigenvalue weighted by Gasteiger charge is 2.37. The number of hydrogen-bond acceptors (Lipinski definition) is 5. The van der Waals surface area contributed by atoms with Crippen LogP contribution in [0.3, 0.4) is 0 Å². The van der Waals surface area contributed by atoms with Crippen molar-refractivity contribution in [2.75, 3.05) is 26.2 Å². The van der Waals surface area contributed by atoms with Crippen molar-refractivity contribution in [1.82, 2.24) is 19.8 Å². The van der Waals surface area contributed by atoms with Crippen molar-refractivity contribution in [3.8, 4) is 0 Å². The van der Waals surface area contributed by atoms with Crippen LogP contribution in [0.2, 0.25) is 0 Å². The molecule has 25 heavy (non-hydrogen) atoms. The third-order valence-corrected chi connectivity index (χ3v) is 5.80. The molecule has 0 radical (unpaired) electrons. The summed E-state index contributed by atoms with van der Waals surface area (Å²) in [4.78, 5) is 26.4. The lowest BCUT2D eigenvalue weighted by Gasteiger charge is -2.44. The molecule has 1 amide bonds. The number of hydrogen-bond donors (Lipinski definition) is 0. The molecule has 3 aliphatic rings. The van der Waals surface area contributed by atoms with Crippen molar-refractivity contribution in [1.29, 1.82) is 0 Å². The second-order valence-electron chi connectivity index (χ2n) is 7.42. The third kappa shape index (κ3) is 3.55. The number of carbonyl (C=O) groups excluding carboxylic acids is 1. The van der Waals surface area contributed by atoms with Crippen LogP contribution in [-0.2, 0) is 28.9 Å². The normalized spacial score (nSPS) is 26.8. The molecule has 1 aromatic rings. The molecule has 4 rings (SSSR count). The van der Waals surface area contributed by atoms with Crippen LogP contribution < -0.4 is 0 Å². The molecule has 0 aromatic carbocycles. The van der Waals surface area contributed by atoms with Crippen molar-refractivity contribution in [2.24, 2.45) is 0 Å². The summed E-state index contributed by atoms with van der Waals surface area (Å²) in [5.74, 6) is 1.15. The molecule has 0 N–H and O–H groups in total. The van der Waals surface area contributed by atoms with Crippen molar-refractivity contribution in [3.63, 3.8) is 0 Å². The number of nitrogens with zero attached hydrogens (tertiary/aromatic N) is 4. The molecule has 0 spiro atoms. The monoisotopic (exact) mass is 344 g/mol. The maximum Gasteiger partial charge on any atom is 0.237 e. The Morgan fingerprint density at radius 2 is 2.20 bits per heavy atom. The number of morpholine rings is 1. The molecular weight excluding hydrogens is 316 g/mol. The molecule has 0 bridgehead atoms. The van der Waals surface area contributed by atoms with Crippen LogP contribution in [0.4, 0.5) is 0 Å². The van der Waals surface area contributed by atoms with Gasteiger partial charge in [0.1, 0.15) is 5.82 Å². The number of rotatable bonds is 3. The van der Waals surface area contributed by atoms with Crippen LogP contribution in [0.1, 0.15) is 49.7 Å². The molecular formula is C19H28N4O2. The Kier molecular flexibility index (Phi) is 4.99. The van der Waals surface area contributed by atoms with Crippen molar-refractivity contribution >= 4 is 5.91 Å². The highest BCUT2D eigenvalue weighted by Crippen LogP contribution is 2.28. The van der Waals surface area contributed by atoms with Crippen LogP contribution in [0.15, 0.2) is 6.20 Å². The molecule has 136 valence electrons. The zero-order valence-electron chi connectivity index (χ0n) is 15.1. The van der Waals surface area contributed by atoms with Gasteiger partial charge in [-0.1, -0.05) is 19.8 Å². The van der Waals surface area contributed by atoms with E-state index in [1.54, 1.807) is 0 Å². The van der Waals surface area contributed by atoms with Gasteiger partial charge in [-0.2, -0.15) is 0 Å². The van der Waals surface area contributed by atoms with Crippen LogP contribution in [0.5, 0.6) is 0 Å². The first-order valence-corrected chi connectivity index (χ1v) is 9.71. The molecule has 1 saturated carbocycles. The molecule has 1 aromatic heterocycles. The molecule has 2 fully saturated rings. The predicted octanol–water partition coefficient (Wildman–Crippen LogP) is 1.57. The van der Waals surface area contributed by atoms with E-state index in [0.717, 1.165) is 56.8 Å². The maximum atomic E-state index is 13.0. The molecule has 2 atom stereocenters. The van der Waals surface area contributed by atoms with Gasteiger partial charge in [0.05, 0.1) is 31.0 Å². The fraction of sp³-hybridized carbons (Fsp3) is 0.737. The van der Waals surface area contributed by atoms with Gasteiger partial charge in [-0.15, -0.1) is 0 Å². The van der Waals surface area contributed by atoms with E-state index in [1.807, 2.05) is 6.20 Å². The van der Waals surface area contributed by atoms with E-state index in [2.05, 4.69) is 26.7 Å². The Morgan fingerprint density at radius 1 is 1.32 bits per heavy atom. The van der Waals surface area contributed by atoms with E-state index in [1.165, 1.54) is 18.4 Å². The van der Waals surface area contributed by atoms with Gasteiger partial charge in [-0.3, -0.25) is 9.69 Å². The lowest BCUT2D eigenvalue weighted by Crippen LogP contribution is -2.57. The quantitative estimate of drug-likeness (QED) is 0.833. The van der Waals surface area contributed by atoms with Gasteiger partial charge < -0.3 is 9.64 Å². The molecule has 3 heterocycles. The Hall–Kier alpha value is -1.53. The van der Waals surface area contributed by atoms with E-state index in [0.29, 0.717) is 19.2 Å². The van der Waals surface area contributed by atoms with Gasteiger partial charge in [0.2, 0.25) is 5.91 Å². The summed E-state index contributed by atoms with van der Waals surface area (Å²) in [6, 6.07) is 0.293. The van der Waals surface area contributed by atoms with Gasteiger partial charge in [-0.05, 0) is 24.8 Å². The summed E-state index contributed by atoms with van der Waals surface area (Å²) < 4.78 is 5.90. The highest BCUT2D eigenvalue weighted by atomic mass is 16.5. The fourth-order valence-corrected chi connectivity index (χ4v) is 4.39. The second kappa shape index (κ2) is 7.38. The SMILES string of the molecule is CCc1ncc2c(n1)CN(CC(=O)N1CCO[C@@H]3CCCC[C@H]31)CC2. The van der Waals surface area contributed by atoms with Crippen molar-refractivity contribution in [2.45, 2.75) is 64.1 Å². The maximum absolute atomic E-state index is 13.0. The van der Waals surface area contributed by atoms with E-state index >= 15 is 0 Å². The van der Waals surface area contributed by atoms with E-state index in [4.69, 9.17) is 4.74 Å². The standard InChI is InChI=1S/C19H28N4O2/c1-2-18-20-11-14-7-8-22(12-15(14)21-18)13-19(24)23-9-10-25-17-6-4-3-5-16(17)23/h11,16-17H,2-10,12-13H2,1H3/t16-,17-/m1/s1. The average Bonchev–Trinajstić information content (AvgIpc) is 2.66. The van der Waals surface area contributed by atoms with Crippen LogP contribution >= 0.6 is 0 Å². The minimum atomic E-state index is 0.258. The van der Waals surface area contributed by atoms with E-state index in [9.17, 15) is 4.79 Å². The van der Waals surface area contributed by atoms with E-state index in [-0.39, 0.29) is 12.0 Å². The van der Waals surface area contributed by atoms with Crippen molar-refractivity contribution in [3.05, 3.63) is 23.3 Å². The van der Waals surface area contributed by atoms with Gasteiger partial charge in [0.15, 0.2) is 0 Å². The molecule has 1 saturated heterocycles. The summed E-state index contributed by atoms with van der Waals surface area (Å²) in [5.41, 5.74) is 2.34. The summed E-state index contributed by atoms with van der Waals surface area (Å²) in [6.45, 7) is 5.66. The summed E-state index contributed by atoms with van der Waals surface area (Å²) >= 11 is 0. The van der Waals surface area contributed by atoms with Crippen LogP contribution in [0, 0.1) is 0 Å². The Morgan fingerprint density at radius 3 is 3.08 bits per heavy atom. The number of aromatic nitrogens is 2. The lowest BCUT2D eigenvalue weighted by molar-refractivity contribution is -0.150. The Bertz CT molecular complexity index is 634. The highest BCUT2D eigenvalue weighted by molar-refractivity contribution is 5.78. The van der Waals surface area contributed by atoms with Gasteiger partial charge in [0, 0.05) is 32.3 Å². The smallest absolute Gasteiger partial charge is 0.237 e. The Balaban J connectivity index is 1.40. The van der Waals surface area contributed by atoms with Crippen LogP contribution in [0.25, 0.3) is 0 Å². The molecule has 2 aliphatic heterocycles. The number of aryl methyl sites for hydroxylation is 1. The lowest BCUT2D eigenvalue weighted by atomic mass is 9.90. The van der Waals surface area contributed by atoms with Gasteiger partial charge in [-0.25, -0.2) is 9.97 Å². The van der Waals surface area contributed by atoms with E-state index < -0.39 is 0 Å². The minimum absolute atomic E-state index is 0.258. The molecule has 6 heteroatoms. The first-order chi connectivity index (χ1) is 12.2. The zero-order chi connectivity index (χ0) is 17.2. The van der Waals surface area contributed by atoms with Gasteiger partial charge in [0.25, 0.3) is 0 Å². The third-order valence-electron chi connectivity index (χ3n) is 5.80. The average molecular weight is 344 g/mol. The summed E-state index contributed by atoms with van der Waals surface area (Å²) in [6.07, 6.45) is 8.63. The topological polar surface area (TPSA) is 58.6 Å². The first-order valence-electron chi connectivity index (χ1n) is 9.71. The Labute approximate surface area is 149 Å². The second-order valence-corrected chi connectivity index (χ2v) is 7.42. The molecule has 0 unspecified atom stereocenters. The largest absolute Gasteiger partial charge is 0.374 e. The first kappa shape index (κ1) is 16.9. The zero-order valence-corrected chi connectivity index (χ0v) is 15.1. The fourth-order valence-electron chi connectivity index (χ4n) is 4.39. The number of ether oxygens (including phenoxy) is 1. The predicted molar refractivity (Wildman–Crippen MR) is 94.1 cm³/mol. The van der Waals surface area contributed by atoms with Gasteiger partial charge >= 0.3 is 0 Å². The number of fused-ring (bicyclic) bond motifs is 2. The number of amides is 1. The molecule has 6 nitrogen and oxygen atoms in total. The van der Waals surface area contributed by atoms with Crippen LogP contribution in [-0.4, -0.2) is 64.1 Å². The van der Waals surface area contributed by atoms with Crippen molar-refractivity contribution < 1.29 is 9.53 Å². The minimum Gasteiger partial charge on any atom is -0.374 e. The summed E-state index contributed by atoms with van der Waals surface area (Å²) in [7, 11) is 0. The molecule has 1 aliphatic carbocycles. The summed E-state index contributed by atoms with van der Waals surface area (Å²) in [5, 5.41) is 0.